The maximum Gasteiger partial charge on any atom is 0.406 e. The third-order valence-electron chi connectivity index (χ3n) is 4.09. The molecule has 2 atom stereocenters. The molecule has 0 aromatic carbocycles. The Morgan fingerprint density at radius 3 is 2.19 bits per heavy atom. The zero-order chi connectivity index (χ0) is 16.1. The highest BCUT2D eigenvalue weighted by Gasteiger charge is 2.41. The van der Waals surface area contributed by atoms with Crippen LogP contribution in [0.15, 0.2) is 0 Å². The van der Waals surface area contributed by atoms with E-state index in [4.69, 9.17) is 0 Å². The minimum atomic E-state index is -0.399. The average Bonchev–Trinajstić information content (AvgIpc) is 2.40. The van der Waals surface area contributed by atoms with E-state index in [1.54, 1.807) is 0 Å². The van der Waals surface area contributed by atoms with E-state index in [-0.39, 0.29) is 10.8 Å². The topological polar surface area (TPSA) is 76.7 Å². The van der Waals surface area contributed by atoms with Crippen molar-refractivity contribution in [2.75, 3.05) is 27.3 Å². The summed E-state index contributed by atoms with van der Waals surface area (Å²) in [5.74, 6) is 0.372. The van der Waals surface area contributed by atoms with Crippen LogP contribution in [0, 0.1) is 16.7 Å². The van der Waals surface area contributed by atoms with Crippen LogP contribution in [0.5, 0.6) is 0 Å². The highest BCUT2D eigenvalue weighted by atomic mass is 16.5. The number of rotatable bonds is 4. The number of hydrogen-bond acceptors (Lipinski definition) is 4. The molecule has 2 amide bonds. The Morgan fingerprint density at radius 1 is 1.05 bits per heavy atom. The first-order valence-corrected chi connectivity index (χ1v) is 7.33. The summed E-state index contributed by atoms with van der Waals surface area (Å²) < 4.78 is 9.25. The van der Waals surface area contributed by atoms with Crippen molar-refractivity contribution in [3.63, 3.8) is 0 Å². The number of nitrogens with one attached hydrogen (secondary N) is 2. The summed E-state index contributed by atoms with van der Waals surface area (Å²) in [5.41, 5.74) is 0.172. The van der Waals surface area contributed by atoms with Gasteiger partial charge in [0, 0.05) is 13.1 Å². The number of amides is 2. The molecular weight excluding hydrogens is 272 g/mol. The molecule has 0 aliphatic heterocycles. The minimum absolute atomic E-state index is 0.00158. The molecule has 122 valence electrons. The predicted octanol–water partition coefficient (Wildman–Crippen LogP) is 2.53. The zero-order valence-corrected chi connectivity index (χ0v) is 13.7. The van der Waals surface area contributed by atoms with E-state index in [1.165, 1.54) is 14.2 Å². The third-order valence-corrected chi connectivity index (χ3v) is 4.09. The van der Waals surface area contributed by atoms with E-state index < -0.39 is 12.2 Å². The monoisotopic (exact) mass is 300 g/mol. The van der Waals surface area contributed by atoms with Crippen molar-refractivity contribution in [3.8, 4) is 0 Å². The van der Waals surface area contributed by atoms with E-state index >= 15 is 0 Å². The van der Waals surface area contributed by atoms with Crippen LogP contribution in [0.2, 0.25) is 0 Å². The molecular formula is C15H28N2O4. The highest BCUT2D eigenvalue weighted by Crippen LogP contribution is 2.48. The van der Waals surface area contributed by atoms with Gasteiger partial charge in [-0.15, -0.1) is 0 Å². The van der Waals surface area contributed by atoms with Crippen molar-refractivity contribution in [3.05, 3.63) is 0 Å². The van der Waals surface area contributed by atoms with Gasteiger partial charge in [-0.1, -0.05) is 20.8 Å². The molecule has 0 spiro atoms. The average molecular weight is 300 g/mol. The molecule has 1 aliphatic carbocycles. The van der Waals surface area contributed by atoms with Crippen LogP contribution in [0.4, 0.5) is 9.59 Å². The smallest absolute Gasteiger partial charge is 0.406 e. The van der Waals surface area contributed by atoms with Crippen molar-refractivity contribution in [1.29, 1.82) is 0 Å². The third kappa shape index (κ3) is 5.81. The van der Waals surface area contributed by atoms with E-state index in [0.29, 0.717) is 19.0 Å². The fraction of sp³-hybridized carbons (Fsp3) is 0.867. The van der Waals surface area contributed by atoms with Crippen molar-refractivity contribution in [2.24, 2.45) is 16.7 Å². The van der Waals surface area contributed by atoms with Gasteiger partial charge in [-0.25, -0.2) is 9.59 Å². The van der Waals surface area contributed by atoms with Gasteiger partial charge in [0.15, 0.2) is 0 Å². The van der Waals surface area contributed by atoms with Gasteiger partial charge in [0.2, 0.25) is 0 Å². The number of carbonyl (C=O) groups excluding carboxylic acids is 2. The summed E-state index contributed by atoms with van der Waals surface area (Å²) in [7, 11) is 2.73. The van der Waals surface area contributed by atoms with Gasteiger partial charge in [-0.3, -0.25) is 0 Å². The first-order valence-electron chi connectivity index (χ1n) is 7.33. The van der Waals surface area contributed by atoms with E-state index in [2.05, 4.69) is 40.9 Å². The molecule has 6 heteroatoms. The maximum atomic E-state index is 11.3. The number of carbonyl (C=O) groups is 2. The largest absolute Gasteiger partial charge is 0.453 e. The molecule has 0 saturated heterocycles. The molecule has 6 nitrogen and oxygen atoms in total. The molecule has 2 unspecified atom stereocenters. The molecule has 1 aliphatic rings. The van der Waals surface area contributed by atoms with Crippen molar-refractivity contribution >= 4 is 12.2 Å². The molecule has 0 aromatic rings. The Labute approximate surface area is 126 Å². The molecule has 0 heterocycles. The highest BCUT2D eigenvalue weighted by molar-refractivity contribution is 5.67. The lowest BCUT2D eigenvalue weighted by atomic mass is 9.60. The lowest BCUT2D eigenvalue weighted by Gasteiger charge is -2.46. The molecule has 0 aromatic heterocycles. The Morgan fingerprint density at radius 2 is 1.62 bits per heavy atom. The number of ether oxygens (including phenoxy) is 2. The van der Waals surface area contributed by atoms with Crippen LogP contribution in [0.1, 0.15) is 40.0 Å². The summed E-state index contributed by atoms with van der Waals surface area (Å²) in [5, 5.41) is 5.58. The van der Waals surface area contributed by atoms with Gasteiger partial charge in [0.05, 0.1) is 14.2 Å². The maximum absolute atomic E-state index is 11.3. The second-order valence-corrected chi connectivity index (χ2v) is 7.14. The van der Waals surface area contributed by atoms with Gasteiger partial charge >= 0.3 is 12.2 Å². The molecule has 1 saturated carbocycles. The van der Waals surface area contributed by atoms with Gasteiger partial charge in [0.25, 0.3) is 0 Å². The summed E-state index contributed by atoms with van der Waals surface area (Å²) in [4.78, 5) is 22.5. The summed E-state index contributed by atoms with van der Waals surface area (Å²) in [6, 6.07) is 0. The van der Waals surface area contributed by atoms with E-state index in [1.807, 2.05) is 0 Å². The van der Waals surface area contributed by atoms with Crippen LogP contribution in [-0.4, -0.2) is 39.5 Å². The van der Waals surface area contributed by atoms with Crippen molar-refractivity contribution in [2.45, 2.75) is 40.0 Å². The van der Waals surface area contributed by atoms with Crippen molar-refractivity contribution < 1.29 is 19.1 Å². The van der Waals surface area contributed by atoms with Crippen LogP contribution in [-0.2, 0) is 9.47 Å². The summed E-state index contributed by atoms with van der Waals surface area (Å²) in [6.07, 6.45) is 2.23. The number of hydrogen-bond donors (Lipinski definition) is 2. The number of alkyl carbamates (subject to hydrolysis) is 2. The fourth-order valence-corrected chi connectivity index (χ4v) is 3.79. The fourth-order valence-electron chi connectivity index (χ4n) is 3.79. The van der Waals surface area contributed by atoms with E-state index in [9.17, 15) is 9.59 Å². The minimum Gasteiger partial charge on any atom is -0.453 e. The quantitative estimate of drug-likeness (QED) is 0.836. The summed E-state index contributed by atoms with van der Waals surface area (Å²) >= 11 is 0. The Bertz CT molecular complexity index is 384. The van der Waals surface area contributed by atoms with Crippen LogP contribution in [0.25, 0.3) is 0 Å². The van der Waals surface area contributed by atoms with Gasteiger partial charge < -0.3 is 20.1 Å². The molecule has 1 fully saturated rings. The second kappa shape index (κ2) is 7.00. The molecule has 0 bridgehead atoms. The molecule has 2 N–H and O–H groups in total. The summed E-state index contributed by atoms with van der Waals surface area (Å²) in [6.45, 7) is 7.82. The van der Waals surface area contributed by atoms with Crippen molar-refractivity contribution in [1.82, 2.24) is 10.6 Å². The Balaban J connectivity index is 2.63. The first kappa shape index (κ1) is 17.6. The SMILES string of the molecule is COC(=O)NCC1CC(C)(C)CC(C)(CNC(=O)OC)C1. The van der Waals surface area contributed by atoms with Crippen LogP contribution < -0.4 is 10.6 Å². The van der Waals surface area contributed by atoms with Crippen LogP contribution >= 0.6 is 0 Å². The Hall–Kier alpha value is -1.46. The molecule has 1 rings (SSSR count). The lowest BCUT2D eigenvalue weighted by molar-refractivity contribution is 0.0521. The standard InChI is InChI=1S/C15H28N2O4/c1-14(2)6-11(8-16-12(18)20-4)7-15(3,9-14)10-17-13(19)21-5/h11H,6-10H2,1-5H3,(H,16,18)(H,17,19). The zero-order valence-electron chi connectivity index (χ0n) is 13.7. The molecule has 21 heavy (non-hydrogen) atoms. The first-order chi connectivity index (χ1) is 9.69. The molecule has 0 radical (unpaired) electrons. The number of methoxy groups -OCH3 is 2. The Kier molecular flexibility index (Phi) is 5.87. The predicted molar refractivity (Wildman–Crippen MR) is 80.0 cm³/mol. The lowest BCUT2D eigenvalue weighted by Crippen LogP contribution is -2.45. The normalized spacial score (nSPS) is 27.6. The van der Waals surface area contributed by atoms with Gasteiger partial charge in [-0.05, 0) is 36.0 Å². The van der Waals surface area contributed by atoms with Gasteiger partial charge in [0.1, 0.15) is 0 Å². The second-order valence-electron chi connectivity index (χ2n) is 7.14. The van der Waals surface area contributed by atoms with E-state index in [0.717, 1.165) is 19.3 Å². The van der Waals surface area contributed by atoms with Gasteiger partial charge in [-0.2, -0.15) is 0 Å². The van der Waals surface area contributed by atoms with Crippen LogP contribution in [0.3, 0.4) is 0 Å².